The van der Waals surface area contributed by atoms with Crippen LogP contribution in [0.4, 0.5) is 0 Å². The maximum atomic E-state index is 10.4. The van der Waals surface area contributed by atoms with Gasteiger partial charge in [0.15, 0.2) is 0 Å². The van der Waals surface area contributed by atoms with Gasteiger partial charge in [0.2, 0.25) is 0 Å². The summed E-state index contributed by atoms with van der Waals surface area (Å²) >= 11 is 0. The smallest absolute Gasteiger partial charge is 0.266 e. The van der Waals surface area contributed by atoms with E-state index >= 15 is 0 Å². The van der Waals surface area contributed by atoms with Gasteiger partial charge >= 0.3 is 0 Å². The Morgan fingerprint density at radius 2 is 2.56 bits per heavy atom. The van der Waals surface area contributed by atoms with Gasteiger partial charge in [0.05, 0.1) is 0 Å². The summed E-state index contributed by atoms with van der Waals surface area (Å²) in [5, 5.41) is 3.75. The molecule has 1 aromatic heterocycles. The van der Waals surface area contributed by atoms with Crippen LogP contribution in [-0.2, 0) is 7.05 Å². The van der Waals surface area contributed by atoms with Crippen molar-refractivity contribution < 1.29 is 4.79 Å². The Bertz CT molecular complexity index is 228. The van der Waals surface area contributed by atoms with Crippen LogP contribution in [0.2, 0.25) is 0 Å². The van der Waals surface area contributed by atoms with Crippen LogP contribution in [0.3, 0.4) is 0 Å². The molecule has 0 aliphatic carbocycles. The predicted octanol–water partition coefficient (Wildman–Crippen LogP) is -0.481. The molecule has 0 atom stereocenters. The molecule has 0 spiro atoms. The fourth-order valence-electron chi connectivity index (χ4n) is 0.616. The minimum Gasteiger partial charge on any atom is -0.364 e. The summed E-state index contributed by atoms with van der Waals surface area (Å²) < 4.78 is 1.43. The summed E-state index contributed by atoms with van der Waals surface area (Å²) in [5.74, 6) is -0.449. The van der Waals surface area contributed by atoms with Gasteiger partial charge in [0.25, 0.3) is 5.91 Å². The average Bonchev–Trinajstić information content (AvgIpc) is 2.13. The molecule has 1 amide bonds. The first kappa shape index (κ1) is 5.81. The first-order valence-electron chi connectivity index (χ1n) is 2.49. The molecule has 1 heterocycles. The van der Waals surface area contributed by atoms with Gasteiger partial charge in [-0.3, -0.25) is 9.48 Å². The van der Waals surface area contributed by atoms with Crippen LogP contribution < -0.4 is 5.73 Å². The molecule has 2 N–H and O–H groups in total. The minimum atomic E-state index is -0.449. The normalized spacial score (nSPS) is 9.44. The molecule has 48 valence electrons. The summed E-state index contributed by atoms with van der Waals surface area (Å²) in [7, 11) is 1.67. The maximum absolute atomic E-state index is 10.4. The molecule has 4 nitrogen and oxygen atoms in total. The van der Waals surface area contributed by atoms with Crippen molar-refractivity contribution in [3.8, 4) is 0 Å². The average molecular weight is 125 g/mol. The molecule has 4 heteroatoms. The molecule has 0 aromatic carbocycles. The van der Waals surface area contributed by atoms with E-state index in [1.807, 2.05) is 0 Å². The van der Waals surface area contributed by atoms with E-state index in [0.717, 1.165) is 0 Å². The van der Waals surface area contributed by atoms with E-state index in [1.54, 1.807) is 13.1 Å². The summed E-state index contributed by atoms with van der Waals surface area (Å²) in [4.78, 5) is 10.4. The number of carbonyl (C=O) groups is 1. The predicted molar refractivity (Wildman–Crippen MR) is 31.7 cm³/mol. The lowest BCUT2D eigenvalue weighted by Gasteiger charge is -1.92. The van der Waals surface area contributed by atoms with Crippen LogP contribution in [-0.4, -0.2) is 15.7 Å². The highest BCUT2D eigenvalue weighted by Gasteiger charge is 2.02. The Kier molecular flexibility index (Phi) is 1.22. The van der Waals surface area contributed by atoms with Gasteiger partial charge in [-0.25, -0.2) is 0 Å². The highest BCUT2D eigenvalue weighted by molar-refractivity contribution is 5.90. The zero-order valence-electron chi connectivity index (χ0n) is 5.03. The number of rotatable bonds is 1. The molecule has 1 aromatic rings. The first-order chi connectivity index (χ1) is 4.22. The summed E-state index contributed by atoms with van der Waals surface area (Å²) in [6, 6.07) is 1.57. The van der Waals surface area contributed by atoms with E-state index in [0.29, 0.717) is 5.69 Å². The van der Waals surface area contributed by atoms with Gasteiger partial charge in [-0.05, 0) is 6.07 Å². The largest absolute Gasteiger partial charge is 0.364 e. The number of aromatic nitrogens is 2. The van der Waals surface area contributed by atoms with Crippen molar-refractivity contribution >= 4 is 5.91 Å². The third-order valence-corrected chi connectivity index (χ3v) is 1.07. The lowest BCUT2D eigenvalue weighted by molar-refractivity contribution is 0.0991. The number of primary amides is 1. The van der Waals surface area contributed by atoms with Crippen LogP contribution in [0.5, 0.6) is 0 Å². The van der Waals surface area contributed by atoms with Crippen molar-refractivity contribution in [2.75, 3.05) is 0 Å². The van der Waals surface area contributed by atoms with Crippen LogP contribution in [0.25, 0.3) is 0 Å². The summed E-state index contributed by atoms with van der Waals surface area (Å²) in [5.41, 5.74) is 5.39. The van der Waals surface area contributed by atoms with Crippen molar-refractivity contribution in [1.29, 1.82) is 0 Å². The molecular weight excluding hydrogens is 118 g/mol. The summed E-state index contributed by atoms with van der Waals surface area (Å²) in [6.07, 6.45) is 1.53. The van der Waals surface area contributed by atoms with E-state index in [-0.39, 0.29) is 0 Å². The van der Waals surface area contributed by atoms with Crippen LogP contribution >= 0.6 is 0 Å². The topological polar surface area (TPSA) is 60.9 Å². The fraction of sp³-hybridized carbons (Fsp3) is 0.200. The second kappa shape index (κ2) is 1.89. The number of aryl methyl sites for hydroxylation is 1. The number of hydrogen-bond donors (Lipinski definition) is 1. The molecule has 1 rings (SSSR count). The third-order valence-electron chi connectivity index (χ3n) is 1.07. The molecular formula is C5H7N3O. The Balaban J connectivity index is 3.08. The molecule has 0 radical (unpaired) electrons. The maximum Gasteiger partial charge on any atom is 0.266 e. The van der Waals surface area contributed by atoms with Gasteiger partial charge < -0.3 is 5.73 Å². The van der Waals surface area contributed by atoms with Crippen molar-refractivity contribution in [3.63, 3.8) is 0 Å². The van der Waals surface area contributed by atoms with Crippen molar-refractivity contribution in [1.82, 2.24) is 9.78 Å². The van der Waals surface area contributed by atoms with Gasteiger partial charge in [-0.2, -0.15) is 5.10 Å². The van der Waals surface area contributed by atoms with Gasteiger partial charge in [-0.1, -0.05) is 0 Å². The van der Waals surface area contributed by atoms with Crippen molar-refractivity contribution in [2.24, 2.45) is 12.8 Å². The molecule has 9 heavy (non-hydrogen) atoms. The number of hydrogen-bond acceptors (Lipinski definition) is 2. The Hall–Kier alpha value is -1.32. The summed E-state index contributed by atoms with van der Waals surface area (Å²) in [6.45, 7) is 0. The number of nitrogens with two attached hydrogens (primary N) is 1. The van der Waals surface area contributed by atoms with Crippen LogP contribution in [0, 0.1) is 0 Å². The lowest BCUT2D eigenvalue weighted by atomic mass is 10.4. The molecule has 0 aliphatic rings. The second-order valence-electron chi connectivity index (χ2n) is 1.70. The quantitative estimate of drug-likeness (QED) is 0.551. The highest BCUT2D eigenvalue weighted by Crippen LogP contribution is 1.91. The van der Waals surface area contributed by atoms with Crippen molar-refractivity contribution in [3.05, 3.63) is 18.0 Å². The molecule has 0 fully saturated rings. The number of nitrogens with zero attached hydrogens (tertiary/aromatic N) is 2. The highest BCUT2D eigenvalue weighted by atomic mass is 16.1. The Morgan fingerprint density at radius 1 is 1.89 bits per heavy atom. The molecule has 0 saturated heterocycles. The van der Waals surface area contributed by atoms with E-state index in [2.05, 4.69) is 5.10 Å². The van der Waals surface area contributed by atoms with Crippen molar-refractivity contribution in [2.45, 2.75) is 0 Å². The number of carbonyl (C=O) groups excluding carboxylic acids is 1. The zero-order chi connectivity index (χ0) is 6.85. The molecule has 0 bridgehead atoms. The van der Waals surface area contributed by atoms with Crippen LogP contribution in [0.1, 0.15) is 10.5 Å². The Labute approximate surface area is 52.3 Å². The SMILES string of the molecule is Cn1nccc1C(N)=O. The van der Waals surface area contributed by atoms with Gasteiger partial charge in [0, 0.05) is 13.2 Å². The van der Waals surface area contributed by atoms with Crippen LogP contribution in [0.15, 0.2) is 12.3 Å². The lowest BCUT2D eigenvalue weighted by Crippen LogP contribution is -2.15. The second-order valence-corrected chi connectivity index (χ2v) is 1.70. The molecule has 0 unspecified atom stereocenters. The van der Waals surface area contributed by atoms with Gasteiger partial charge in [0.1, 0.15) is 5.69 Å². The first-order valence-corrected chi connectivity index (χ1v) is 2.49. The minimum absolute atomic E-state index is 0.426. The zero-order valence-corrected chi connectivity index (χ0v) is 5.03. The standard InChI is InChI=1S/C5H7N3O/c1-8-4(5(6)9)2-3-7-8/h2-3H,1H3,(H2,6,9). The van der Waals surface area contributed by atoms with E-state index in [4.69, 9.17) is 5.73 Å². The third kappa shape index (κ3) is 0.910. The van der Waals surface area contributed by atoms with Gasteiger partial charge in [-0.15, -0.1) is 0 Å². The number of amides is 1. The van der Waals surface area contributed by atoms with E-state index < -0.39 is 5.91 Å². The fourth-order valence-corrected chi connectivity index (χ4v) is 0.616. The Morgan fingerprint density at radius 3 is 2.78 bits per heavy atom. The van der Waals surface area contributed by atoms with E-state index in [1.165, 1.54) is 10.9 Å². The molecule has 0 aliphatic heterocycles. The van der Waals surface area contributed by atoms with E-state index in [9.17, 15) is 4.79 Å². The molecule has 0 saturated carbocycles. The monoisotopic (exact) mass is 125 g/mol.